The first-order chi connectivity index (χ1) is 8.72. The number of rotatable bonds is 6. The summed E-state index contributed by atoms with van der Waals surface area (Å²) in [5, 5.41) is 13.8. The predicted octanol–water partition coefficient (Wildman–Crippen LogP) is 1.67. The van der Waals surface area contributed by atoms with Gasteiger partial charge in [-0.2, -0.15) is 0 Å². The molecule has 18 heavy (non-hydrogen) atoms. The van der Waals surface area contributed by atoms with Gasteiger partial charge in [-0.3, -0.25) is 4.79 Å². The fourth-order valence-corrected chi connectivity index (χ4v) is 2.52. The van der Waals surface area contributed by atoms with E-state index < -0.39 is 12.0 Å². The van der Waals surface area contributed by atoms with Crippen molar-refractivity contribution in [2.45, 2.75) is 19.0 Å². The Morgan fingerprint density at radius 3 is 3.11 bits per heavy atom. The van der Waals surface area contributed by atoms with Crippen molar-refractivity contribution in [3.8, 4) is 10.7 Å². The summed E-state index contributed by atoms with van der Waals surface area (Å²) in [7, 11) is 1.66. The Labute approximate surface area is 109 Å². The smallest absolute Gasteiger partial charge is 0.320 e. The number of nitrogens with zero attached hydrogens (tertiary/aromatic N) is 2. The van der Waals surface area contributed by atoms with Gasteiger partial charge in [0.1, 0.15) is 11.9 Å². The molecular formula is C12H15N3O2S. The Morgan fingerprint density at radius 1 is 1.67 bits per heavy atom. The topological polar surface area (TPSA) is 67.2 Å². The highest BCUT2D eigenvalue weighted by molar-refractivity contribution is 7.13. The zero-order valence-electron chi connectivity index (χ0n) is 10.0. The monoisotopic (exact) mass is 265 g/mol. The molecule has 2 rings (SSSR count). The number of thiophene rings is 1. The van der Waals surface area contributed by atoms with Gasteiger partial charge in [0.2, 0.25) is 0 Å². The molecule has 0 aromatic carbocycles. The van der Waals surface area contributed by atoms with Gasteiger partial charge in [-0.25, -0.2) is 4.98 Å². The van der Waals surface area contributed by atoms with Gasteiger partial charge in [-0.05, 0) is 24.9 Å². The second-order valence-electron chi connectivity index (χ2n) is 3.89. The lowest BCUT2D eigenvalue weighted by Crippen LogP contribution is -2.34. The molecule has 0 saturated heterocycles. The number of hydrogen-bond donors (Lipinski definition) is 2. The summed E-state index contributed by atoms with van der Waals surface area (Å²) >= 11 is 1.63. The van der Waals surface area contributed by atoms with E-state index in [0.29, 0.717) is 13.0 Å². The number of nitrogens with one attached hydrogen (secondary N) is 1. The molecule has 0 amide bonds. The van der Waals surface area contributed by atoms with E-state index in [-0.39, 0.29) is 0 Å². The number of imidazole rings is 1. The molecule has 0 saturated carbocycles. The first kappa shape index (κ1) is 12.8. The van der Waals surface area contributed by atoms with Crippen LogP contribution in [0.25, 0.3) is 10.7 Å². The van der Waals surface area contributed by atoms with Crippen LogP contribution in [-0.2, 0) is 11.3 Å². The summed E-state index contributed by atoms with van der Waals surface area (Å²) in [6, 6.07) is 3.46. The van der Waals surface area contributed by atoms with Crippen LogP contribution < -0.4 is 5.32 Å². The highest BCUT2D eigenvalue weighted by atomic mass is 32.1. The Hall–Kier alpha value is -1.66. The van der Waals surface area contributed by atoms with Crippen LogP contribution >= 0.6 is 11.3 Å². The number of carbonyl (C=O) groups is 1. The quantitative estimate of drug-likeness (QED) is 0.834. The third-order valence-corrected chi connectivity index (χ3v) is 3.63. The molecule has 2 heterocycles. The zero-order valence-corrected chi connectivity index (χ0v) is 10.9. The van der Waals surface area contributed by atoms with Gasteiger partial charge < -0.3 is 15.0 Å². The number of aliphatic carboxylic acids is 1. The van der Waals surface area contributed by atoms with Crippen LogP contribution in [0.5, 0.6) is 0 Å². The minimum Gasteiger partial charge on any atom is -0.480 e. The Balaban J connectivity index is 2.07. The minimum atomic E-state index is -0.824. The van der Waals surface area contributed by atoms with Crippen LogP contribution in [0.4, 0.5) is 0 Å². The first-order valence-corrected chi connectivity index (χ1v) is 6.55. The van der Waals surface area contributed by atoms with Crippen molar-refractivity contribution < 1.29 is 9.90 Å². The van der Waals surface area contributed by atoms with Crippen LogP contribution in [0.1, 0.15) is 6.42 Å². The van der Waals surface area contributed by atoms with Gasteiger partial charge in [0.25, 0.3) is 0 Å². The van der Waals surface area contributed by atoms with Gasteiger partial charge >= 0.3 is 5.97 Å². The molecule has 1 unspecified atom stereocenters. The third kappa shape index (κ3) is 2.77. The van der Waals surface area contributed by atoms with Crippen molar-refractivity contribution in [3.05, 3.63) is 29.9 Å². The summed E-state index contributed by atoms with van der Waals surface area (Å²) in [5.74, 6) is 0.0699. The van der Waals surface area contributed by atoms with Crippen molar-refractivity contribution >= 4 is 17.3 Å². The summed E-state index contributed by atoms with van der Waals surface area (Å²) < 4.78 is 1.99. The largest absolute Gasteiger partial charge is 0.480 e. The van der Waals surface area contributed by atoms with Gasteiger partial charge in [-0.15, -0.1) is 11.3 Å². The summed E-state index contributed by atoms with van der Waals surface area (Å²) in [4.78, 5) is 16.3. The maximum absolute atomic E-state index is 10.9. The van der Waals surface area contributed by atoms with Crippen molar-refractivity contribution in [3.63, 3.8) is 0 Å². The molecule has 2 N–H and O–H groups in total. The third-order valence-electron chi connectivity index (χ3n) is 2.76. The fourth-order valence-electron chi connectivity index (χ4n) is 1.78. The number of likely N-dealkylation sites (N-methyl/N-ethyl adjacent to an activating group) is 1. The lowest BCUT2D eigenvalue weighted by atomic mass is 10.2. The van der Waals surface area contributed by atoms with E-state index in [0.717, 1.165) is 10.7 Å². The molecule has 96 valence electrons. The molecule has 0 aliphatic rings. The van der Waals surface area contributed by atoms with E-state index in [1.165, 1.54) is 0 Å². The Morgan fingerprint density at radius 2 is 2.50 bits per heavy atom. The van der Waals surface area contributed by atoms with Crippen LogP contribution in [0.3, 0.4) is 0 Å². The molecule has 0 fully saturated rings. The molecule has 6 heteroatoms. The van der Waals surface area contributed by atoms with Crippen LogP contribution in [0, 0.1) is 0 Å². The molecule has 5 nitrogen and oxygen atoms in total. The molecule has 0 spiro atoms. The second kappa shape index (κ2) is 5.79. The SMILES string of the molecule is CNC(CCn1ccnc1-c1cccs1)C(=O)O. The second-order valence-corrected chi connectivity index (χ2v) is 4.84. The van der Waals surface area contributed by atoms with Crippen molar-refractivity contribution in [1.82, 2.24) is 14.9 Å². The van der Waals surface area contributed by atoms with E-state index in [4.69, 9.17) is 5.11 Å². The fraction of sp³-hybridized carbons (Fsp3) is 0.333. The Bertz CT molecular complexity index is 507. The maximum Gasteiger partial charge on any atom is 0.320 e. The van der Waals surface area contributed by atoms with Gasteiger partial charge in [0.15, 0.2) is 0 Å². The number of aryl methyl sites for hydroxylation is 1. The highest BCUT2D eigenvalue weighted by Crippen LogP contribution is 2.23. The van der Waals surface area contributed by atoms with Gasteiger partial charge in [0, 0.05) is 18.9 Å². The zero-order chi connectivity index (χ0) is 13.0. The van der Waals surface area contributed by atoms with Gasteiger partial charge in [-0.1, -0.05) is 6.07 Å². The van der Waals surface area contributed by atoms with Crippen molar-refractivity contribution in [1.29, 1.82) is 0 Å². The molecule has 0 radical (unpaired) electrons. The van der Waals surface area contributed by atoms with E-state index in [2.05, 4.69) is 10.3 Å². The number of carboxylic acid groups (broad SMARTS) is 1. The van der Waals surface area contributed by atoms with E-state index >= 15 is 0 Å². The molecular weight excluding hydrogens is 250 g/mol. The van der Waals surface area contributed by atoms with Crippen molar-refractivity contribution in [2.75, 3.05) is 7.05 Å². The lowest BCUT2D eigenvalue weighted by Gasteiger charge is -2.12. The molecule has 0 bridgehead atoms. The van der Waals surface area contributed by atoms with E-state index in [1.54, 1.807) is 24.6 Å². The number of aromatic nitrogens is 2. The number of carboxylic acids is 1. The molecule has 1 atom stereocenters. The lowest BCUT2D eigenvalue weighted by molar-refractivity contribution is -0.139. The molecule has 2 aromatic rings. The average Bonchev–Trinajstić information content (AvgIpc) is 2.99. The Kier molecular flexibility index (Phi) is 4.11. The maximum atomic E-state index is 10.9. The van der Waals surface area contributed by atoms with E-state index in [1.807, 2.05) is 28.3 Å². The van der Waals surface area contributed by atoms with Gasteiger partial charge in [0.05, 0.1) is 4.88 Å². The number of hydrogen-bond acceptors (Lipinski definition) is 4. The minimum absolute atomic E-state index is 0.524. The van der Waals surface area contributed by atoms with Crippen LogP contribution in [-0.4, -0.2) is 33.7 Å². The normalized spacial score (nSPS) is 12.5. The first-order valence-electron chi connectivity index (χ1n) is 5.67. The van der Waals surface area contributed by atoms with Crippen molar-refractivity contribution in [2.24, 2.45) is 0 Å². The summed E-state index contributed by atoms with van der Waals surface area (Å²) in [6.45, 7) is 0.630. The van der Waals surface area contributed by atoms with E-state index in [9.17, 15) is 4.79 Å². The molecule has 2 aromatic heterocycles. The summed E-state index contributed by atoms with van der Waals surface area (Å²) in [5.41, 5.74) is 0. The highest BCUT2D eigenvalue weighted by Gasteiger charge is 2.15. The van der Waals surface area contributed by atoms with Crippen LogP contribution in [0.2, 0.25) is 0 Å². The predicted molar refractivity (Wildman–Crippen MR) is 70.6 cm³/mol. The molecule has 0 aliphatic carbocycles. The molecule has 0 aliphatic heterocycles. The summed E-state index contributed by atoms with van der Waals surface area (Å²) in [6.07, 6.45) is 4.15. The van der Waals surface area contributed by atoms with Crippen LogP contribution in [0.15, 0.2) is 29.9 Å². The average molecular weight is 265 g/mol. The standard InChI is InChI=1S/C12H15N3O2S/c1-13-9(12(16)17)4-6-15-7-5-14-11(15)10-3-2-8-18-10/h2-3,5,7-9,13H,4,6H2,1H3,(H,16,17).